The number of aliphatic imine (C=N–C) groups is 1. The van der Waals surface area contributed by atoms with Crippen molar-refractivity contribution in [2.45, 2.75) is 27.7 Å². The van der Waals surface area contributed by atoms with Crippen molar-refractivity contribution in [3.8, 4) is 17.0 Å². The van der Waals surface area contributed by atoms with E-state index in [1.165, 1.54) is 0 Å². The van der Waals surface area contributed by atoms with Gasteiger partial charge in [-0.3, -0.25) is 0 Å². The molecule has 0 amide bonds. The zero-order valence-electron chi connectivity index (χ0n) is 17.3. The van der Waals surface area contributed by atoms with Gasteiger partial charge in [0.25, 0.3) is 0 Å². The summed E-state index contributed by atoms with van der Waals surface area (Å²) in [6, 6.07) is 18.1. The Morgan fingerprint density at radius 3 is 2.59 bits per heavy atom. The summed E-state index contributed by atoms with van der Waals surface area (Å²) in [5.41, 5.74) is 5.22. The molecule has 0 atom stereocenters. The van der Waals surface area contributed by atoms with Crippen molar-refractivity contribution in [1.82, 2.24) is 15.3 Å². The highest BCUT2D eigenvalue weighted by atomic mass is 16.5. The van der Waals surface area contributed by atoms with Gasteiger partial charge in [0.1, 0.15) is 5.84 Å². The Morgan fingerprint density at radius 2 is 1.90 bits per heavy atom. The van der Waals surface area contributed by atoms with Gasteiger partial charge in [0, 0.05) is 23.7 Å². The number of aromatic nitrogens is 2. The normalized spacial score (nSPS) is 12.0. The van der Waals surface area contributed by atoms with Crippen molar-refractivity contribution in [2.75, 3.05) is 6.61 Å². The molecule has 29 heavy (non-hydrogen) atoms. The van der Waals surface area contributed by atoms with Crippen LogP contribution in [0.15, 0.2) is 71.9 Å². The Bertz CT molecular complexity index is 1020. The maximum atomic E-state index is 5.50. The average Bonchev–Trinajstić information content (AvgIpc) is 2.73. The smallest absolute Gasteiger partial charge is 0.213 e. The average molecular weight is 386 g/mol. The van der Waals surface area contributed by atoms with Gasteiger partial charge in [0.05, 0.1) is 6.61 Å². The summed E-state index contributed by atoms with van der Waals surface area (Å²) < 4.78 is 5.50. The van der Waals surface area contributed by atoms with Gasteiger partial charge in [-0.15, -0.1) is 0 Å². The molecule has 0 saturated heterocycles. The molecule has 2 aromatic heterocycles. The quantitative estimate of drug-likeness (QED) is 0.446. The zero-order valence-corrected chi connectivity index (χ0v) is 17.3. The first-order valence-corrected chi connectivity index (χ1v) is 9.71. The van der Waals surface area contributed by atoms with Gasteiger partial charge in [-0.2, -0.15) is 0 Å². The maximum absolute atomic E-state index is 5.50. The molecular weight excluding hydrogens is 360 g/mol. The number of ether oxygens (including phenoxy) is 1. The molecule has 0 saturated carbocycles. The van der Waals surface area contributed by atoms with E-state index in [9.17, 15) is 0 Å². The maximum Gasteiger partial charge on any atom is 0.213 e. The predicted octanol–water partition coefficient (Wildman–Crippen LogP) is 5.55. The summed E-state index contributed by atoms with van der Waals surface area (Å²) in [6.45, 7) is 8.46. The lowest BCUT2D eigenvalue weighted by molar-refractivity contribution is 0.327. The molecule has 1 N–H and O–H groups in total. The lowest BCUT2D eigenvalue weighted by Crippen LogP contribution is -2.18. The molecule has 1 aromatic carbocycles. The number of nitrogens with zero attached hydrogens (tertiary/aromatic N) is 3. The number of aryl methyl sites for hydroxylation is 1. The van der Waals surface area contributed by atoms with E-state index in [0.29, 0.717) is 18.3 Å². The predicted molar refractivity (Wildman–Crippen MR) is 119 cm³/mol. The van der Waals surface area contributed by atoms with Crippen LogP contribution >= 0.6 is 0 Å². The van der Waals surface area contributed by atoms with Crippen molar-refractivity contribution in [3.63, 3.8) is 0 Å². The summed E-state index contributed by atoms with van der Waals surface area (Å²) in [7, 11) is 0. The molecule has 0 bridgehead atoms. The molecule has 3 aromatic rings. The van der Waals surface area contributed by atoms with Gasteiger partial charge in [-0.1, -0.05) is 36.4 Å². The SMILES string of the molecule is C/C=C(\N/C(C)=N/c1cccc(C)n1)c1ccc(-c2ccnc(OCC)c2)cc1. The van der Waals surface area contributed by atoms with Crippen LogP contribution in [-0.2, 0) is 0 Å². The second kappa shape index (κ2) is 9.64. The molecule has 2 heterocycles. The van der Waals surface area contributed by atoms with Gasteiger partial charge in [0.2, 0.25) is 5.88 Å². The second-order valence-electron chi connectivity index (χ2n) is 6.55. The van der Waals surface area contributed by atoms with E-state index in [1.807, 2.05) is 64.1 Å². The number of hydrogen-bond acceptors (Lipinski definition) is 4. The molecule has 0 radical (unpaired) electrons. The molecule has 0 aliphatic carbocycles. The van der Waals surface area contributed by atoms with Crippen molar-refractivity contribution in [3.05, 3.63) is 78.1 Å². The summed E-state index contributed by atoms with van der Waals surface area (Å²) in [4.78, 5) is 13.2. The summed E-state index contributed by atoms with van der Waals surface area (Å²) >= 11 is 0. The lowest BCUT2D eigenvalue weighted by Gasteiger charge is -2.12. The number of allylic oxidation sites excluding steroid dienone is 1. The van der Waals surface area contributed by atoms with Gasteiger partial charge in [-0.05, 0) is 62.6 Å². The Morgan fingerprint density at radius 1 is 1.10 bits per heavy atom. The van der Waals surface area contributed by atoms with Gasteiger partial charge < -0.3 is 10.1 Å². The highest BCUT2D eigenvalue weighted by Gasteiger charge is 2.05. The van der Waals surface area contributed by atoms with E-state index in [-0.39, 0.29) is 0 Å². The molecule has 0 unspecified atom stereocenters. The third-order valence-corrected chi connectivity index (χ3v) is 4.32. The van der Waals surface area contributed by atoms with Crippen molar-refractivity contribution in [2.24, 2.45) is 4.99 Å². The Hall–Kier alpha value is -3.47. The van der Waals surface area contributed by atoms with E-state index < -0.39 is 0 Å². The molecule has 3 rings (SSSR count). The van der Waals surface area contributed by atoms with Crippen LogP contribution in [0.5, 0.6) is 5.88 Å². The molecule has 0 spiro atoms. The van der Waals surface area contributed by atoms with Crippen molar-refractivity contribution < 1.29 is 4.74 Å². The highest BCUT2D eigenvalue weighted by molar-refractivity contribution is 5.90. The first-order chi connectivity index (χ1) is 14.1. The van der Waals surface area contributed by atoms with Gasteiger partial charge in [-0.25, -0.2) is 15.0 Å². The monoisotopic (exact) mass is 386 g/mol. The van der Waals surface area contributed by atoms with E-state index >= 15 is 0 Å². The second-order valence-corrected chi connectivity index (χ2v) is 6.55. The van der Waals surface area contributed by atoms with Crippen LogP contribution in [-0.4, -0.2) is 22.4 Å². The molecule has 0 aliphatic rings. The first-order valence-electron chi connectivity index (χ1n) is 9.71. The van der Waals surface area contributed by atoms with Crippen molar-refractivity contribution in [1.29, 1.82) is 0 Å². The number of amidine groups is 1. The summed E-state index contributed by atoms with van der Waals surface area (Å²) in [5, 5.41) is 3.38. The largest absolute Gasteiger partial charge is 0.478 e. The molecule has 5 nitrogen and oxygen atoms in total. The third kappa shape index (κ3) is 5.51. The molecule has 0 aliphatic heterocycles. The lowest BCUT2D eigenvalue weighted by atomic mass is 10.0. The van der Waals surface area contributed by atoms with Crippen LogP contribution in [0.25, 0.3) is 16.8 Å². The molecule has 0 fully saturated rings. The fraction of sp³-hybridized carbons (Fsp3) is 0.208. The molecular formula is C24H26N4O. The van der Waals surface area contributed by atoms with Gasteiger partial charge >= 0.3 is 0 Å². The van der Waals surface area contributed by atoms with Crippen LogP contribution in [0, 0.1) is 6.92 Å². The molecule has 5 heteroatoms. The summed E-state index contributed by atoms with van der Waals surface area (Å²) in [5.74, 6) is 2.13. The van der Waals surface area contributed by atoms with E-state index in [2.05, 4.69) is 44.5 Å². The number of benzene rings is 1. The van der Waals surface area contributed by atoms with Crippen LogP contribution in [0.1, 0.15) is 32.0 Å². The van der Waals surface area contributed by atoms with Crippen LogP contribution in [0.2, 0.25) is 0 Å². The van der Waals surface area contributed by atoms with Crippen LogP contribution < -0.4 is 10.1 Å². The standard InChI is InChI=1S/C24H26N4O/c1-5-22(27-18(4)28-23-9-7-8-17(3)26-23)20-12-10-19(11-13-20)21-14-15-25-24(16-21)29-6-2/h5,7-16H,6H2,1-4H3,(H,26,27,28)/b22-5-. The number of pyridine rings is 2. The third-order valence-electron chi connectivity index (χ3n) is 4.32. The zero-order chi connectivity index (χ0) is 20.6. The first kappa shape index (κ1) is 20.3. The minimum Gasteiger partial charge on any atom is -0.478 e. The van der Waals surface area contributed by atoms with E-state index in [0.717, 1.165) is 33.9 Å². The van der Waals surface area contributed by atoms with Crippen LogP contribution in [0.3, 0.4) is 0 Å². The number of rotatable bonds is 6. The Kier molecular flexibility index (Phi) is 6.74. The topological polar surface area (TPSA) is 59.4 Å². The summed E-state index contributed by atoms with van der Waals surface area (Å²) in [6.07, 6.45) is 3.81. The number of nitrogens with one attached hydrogen (secondary N) is 1. The van der Waals surface area contributed by atoms with Crippen molar-refractivity contribution >= 4 is 17.4 Å². The Balaban J connectivity index is 1.76. The fourth-order valence-corrected chi connectivity index (χ4v) is 2.95. The fourth-order valence-electron chi connectivity index (χ4n) is 2.95. The van der Waals surface area contributed by atoms with E-state index in [4.69, 9.17) is 4.74 Å². The molecule has 148 valence electrons. The minimum atomic E-state index is 0.602. The minimum absolute atomic E-state index is 0.602. The van der Waals surface area contributed by atoms with Crippen LogP contribution in [0.4, 0.5) is 5.82 Å². The number of hydrogen-bond donors (Lipinski definition) is 1. The highest BCUT2D eigenvalue weighted by Crippen LogP contribution is 2.24. The van der Waals surface area contributed by atoms with E-state index in [1.54, 1.807) is 6.20 Å². The Labute approximate surface area is 172 Å². The van der Waals surface area contributed by atoms with Gasteiger partial charge in [0.15, 0.2) is 5.82 Å².